The summed E-state index contributed by atoms with van der Waals surface area (Å²) in [6.45, 7) is 5.94. The molecule has 0 aromatic heterocycles. The molecule has 164 valence electrons. The Kier molecular flexibility index (Phi) is 6.81. The maximum atomic E-state index is 11.8. The Morgan fingerprint density at radius 2 is 1.90 bits per heavy atom. The fraction of sp³-hybridized carbons (Fsp3) is 0.440. The fourth-order valence-electron chi connectivity index (χ4n) is 4.14. The van der Waals surface area contributed by atoms with E-state index >= 15 is 0 Å². The number of carbonyl (C=O) groups excluding carboxylic acids is 1. The maximum Gasteiger partial charge on any atom is 0.222 e. The van der Waals surface area contributed by atoms with Crippen LogP contribution in [0.5, 0.6) is 0 Å². The number of amides is 1. The predicted molar refractivity (Wildman–Crippen MR) is 126 cm³/mol. The van der Waals surface area contributed by atoms with Crippen molar-refractivity contribution in [1.29, 1.82) is 0 Å². The second-order valence-electron chi connectivity index (χ2n) is 8.57. The molecule has 0 radical (unpaired) electrons. The van der Waals surface area contributed by atoms with Crippen LogP contribution >= 0.6 is 11.6 Å². The van der Waals surface area contributed by atoms with Gasteiger partial charge in [-0.15, -0.1) is 0 Å². The van der Waals surface area contributed by atoms with Gasteiger partial charge in [0, 0.05) is 43.0 Å². The van der Waals surface area contributed by atoms with E-state index in [-0.39, 0.29) is 11.3 Å². The zero-order chi connectivity index (χ0) is 21.7. The highest BCUT2D eigenvalue weighted by atomic mass is 35.5. The predicted octanol–water partition coefficient (Wildman–Crippen LogP) is 4.25. The quantitative estimate of drug-likeness (QED) is 0.478. The number of carbonyl (C=O) groups is 1. The lowest BCUT2D eigenvalue weighted by Crippen LogP contribution is -2.41. The molecule has 2 aromatic carbocycles. The van der Waals surface area contributed by atoms with E-state index in [2.05, 4.69) is 54.0 Å². The molecule has 31 heavy (non-hydrogen) atoms. The van der Waals surface area contributed by atoms with Crippen molar-refractivity contribution in [2.24, 2.45) is 4.99 Å². The summed E-state index contributed by atoms with van der Waals surface area (Å²) in [5, 5.41) is 7.67. The van der Waals surface area contributed by atoms with Gasteiger partial charge in [-0.1, -0.05) is 48.0 Å². The van der Waals surface area contributed by atoms with E-state index < -0.39 is 0 Å². The van der Waals surface area contributed by atoms with Crippen LogP contribution in [-0.2, 0) is 23.3 Å². The molecule has 0 unspecified atom stereocenters. The normalized spacial score (nSPS) is 17.7. The van der Waals surface area contributed by atoms with E-state index in [1.165, 1.54) is 24.0 Å². The number of guanidine groups is 1. The van der Waals surface area contributed by atoms with Gasteiger partial charge in [0.2, 0.25) is 5.91 Å². The summed E-state index contributed by atoms with van der Waals surface area (Å²) in [5.74, 6) is 1.10. The van der Waals surface area contributed by atoms with Crippen LogP contribution in [0.1, 0.15) is 49.3 Å². The molecule has 2 aliphatic rings. The Balaban J connectivity index is 1.34. The van der Waals surface area contributed by atoms with E-state index in [0.717, 1.165) is 42.6 Å². The number of hydrogen-bond donors (Lipinski definition) is 2. The van der Waals surface area contributed by atoms with Crippen molar-refractivity contribution in [1.82, 2.24) is 15.5 Å². The molecule has 0 atom stereocenters. The third kappa shape index (κ3) is 5.59. The second-order valence-corrected chi connectivity index (χ2v) is 9.01. The average molecular weight is 439 g/mol. The standard InChI is InChI=1S/C25H31ClN4O/c1-2-27-24(29-18-25(12-13-25)21-5-3-6-22(26)15-21)28-16-19-8-10-20(11-9-19)17-30-14-4-7-23(30)31/h3,5-6,8-11,15H,2,4,7,12-14,16-18H2,1H3,(H2,27,28,29). The number of halogens is 1. The van der Waals surface area contributed by atoms with Crippen molar-refractivity contribution in [3.63, 3.8) is 0 Å². The Bertz CT molecular complexity index is 937. The minimum absolute atomic E-state index is 0.162. The SMILES string of the molecule is CCNC(=NCc1ccc(CN2CCCC2=O)cc1)NCC1(c2cccc(Cl)c2)CC1. The van der Waals surface area contributed by atoms with Crippen molar-refractivity contribution in [3.05, 3.63) is 70.2 Å². The molecule has 0 bridgehead atoms. The second kappa shape index (κ2) is 9.73. The Hall–Kier alpha value is -2.53. The van der Waals surface area contributed by atoms with Crippen LogP contribution in [0.15, 0.2) is 53.5 Å². The number of aliphatic imine (C=N–C) groups is 1. The summed E-state index contributed by atoms with van der Waals surface area (Å²) in [5.41, 5.74) is 3.79. The summed E-state index contributed by atoms with van der Waals surface area (Å²) < 4.78 is 0. The van der Waals surface area contributed by atoms with Crippen LogP contribution in [0.4, 0.5) is 0 Å². The first kappa shape index (κ1) is 21.7. The largest absolute Gasteiger partial charge is 0.357 e. The topological polar surface area (TPSA) is 56.7 Å². The van der Waals surface area contributed by atoms with Gasteiger partial charge >= 0.3 is 0 Å². The molecule has 6 heteroatoms. The number of nitrogens with zero attached hydrogens (tertiary/aromatic N) is 2. The van der Waals surface area contributed by atoms with Gasteiger partial charge in [-0.2, -0.15) is 0 Å². The minimum Gasteiger partial charge on any atom is -0.357 e. The van der Waals surface area contributed by atoms with E-state index in [1.807, 2.05) is 17.0 Å². The zero-order valence-electron chi connectivity index (χ0n) is 18.2. The molecule has 2 fully saturated rings. The Labute approximate surface area is 189 Å². The monoisotopic (exact) mass is 438 g/mol. The average Bonchev–Trinajstić information content (AvgIpc) is 3.47. The van der Waals surface area contributed by atoms with Crippen LogP contribution in [-0.4, -0.2) is 36.4 Å². The van der Waals surface area contributed by atoms with Gasteiger partial charge in [-0.25, -0.2) is 4.99 Å². The summed E-state index contributed by atoms with van der Waals surface area (Å²) in [6.07, 6.45) is 4.00. The molecule has 5 nitrogen and oxygen atoms in total. The first-order chi connectivity index (χ1) is 15.1. The smallest absolute Gasteiger partial charge is 0.222 e. The summed E-state index contributed by atoms with van der Waals surface area (Å²) in [4.78, 5) is 18.5. The Morgan fingerprint density at radius 1 is 1.13 bits per heavy atom. The van der Waals surface area contributed by atoms with Gasteiger partial charge < -0.3 is 15.5 Å². The van der Waals surface area contributed by atoms with Gasteiger partial charge in [0.15, 0.2) is 5.96 Å². The molecule has 1 aliphatic carbocycles. The molecule has 2 N–H and O–H groups in total. The van der Waals surface area contributed by atoms with E-state index in [9.17, 15) is 4.79 Å². The lowest BCUT2D eigenvalue weighted by Gasteiger charge is -2.19. The zero-order valence-corrected chi connectivity index (χ0v) is 18.9. The lowest BCUT2D eigenvalue weighted by molar-refractivity contribution is -0.128. The fourth-order valence-corrected chi connectivity index (χ4v) is 4.33. The third-order valence-corrected chi connectivity index (χ3v) is 6.45. The van der Waals surface area contributed by atoms with Gasteiger partial charge in [-0.05, 0) is 55.0 Å². The molecule has 1 saturated carbocycles. The van der Waals surface area contributed by atoms with Crippen LogP contribution in [0.2, 0.25) is 5.02 Å². The molecule has 1 aliphatic heterocycles. The van der Waals surface area contributed by atoms with E-state index in [1.54, 1.807) is 0 Å². The number of nitrogens with one attached hydrogen (secondary N) is 2. The van der Waals surface area contributed by atoms with E-state index in [0.29, 0.717) is 19.5 Å². The first-order valence-corrected chi connectivity index (χ1v) is 11.6. The van der Waals surface area contributed by atoms with Crippen molar-refractivity contribution >= 4 is 23.5 Å². The number of rotatable bonds is 8. The molecule has 1 saturated heterocycles. The van der Waals surface area contributed by atoms with Crippen molar-refractivity contribution in [3.8, 4) is 0 Å². The highest BCUT2D eigenvalue weighted by Crippen LogP contribution is 2.48. The lowest BCUT2D eigenvalue weighted by atomic mass is 9.96. The van der Waals surface area contributed by atoms with Crippen molar-refractivity contribution < 1.29 is 4.79 Å². The molecule has 0 spiro atoms. The first-order valence-electron chi connectivity index (χ1n) is 11.2. The van der Waals surface area contributed by atoms with E-state index in [4.69, 9.17) is 16.6 Å². The van der Waals surface area contributed by atoms with Crippen LogP contribution in [0.25, 0.3) is 0 Å². The molecule has 1 amide bonds. The number of hydrogen-bond acceptors (Lipinski definition) is 2. The summed E-state index contributed by atoms with van der Waals surface area (Å²) in [6, 6.07) is 16.6. The molecule has 4 rings (SSSR count). The third-order valence-electron chi connectivity index (χ3n) is 6.22. The van der Waals surface area contributed by atoms with Crippen LogP contribution < -0.4 is 10.6 Å². The maximum absolute atomic E-state index is 11.8. The minimum atomic E-state index is 0.162. The van der Waals surface area contributed by atoms with Crippen LogP contribution in [0.3, 0.4) is 0 Å². The van der Waals surface area contributed by atoms with Crippen molar-refractivity contribution in [2.45, 2.75) is 51.1 Å². The summed E-state index contributed by atoms with van der Waals surface area (Å²) in [7, 11) is 0. The van der Waals surface area contributed by atoms with Gasteiger partial charge in [0.05, 0.1) is 6.54 Å². The molecular formula is C25H31ClN4O. The summed E-state index contributed by atoms with van der Waals surface area (Å²) >= 11 is 6.20. The molecule has 2 aromatic rings. The van der Waals surface area contributed by atoms with Gasteiger partial charge in [0.1, 0.15) is 0 Å². The number of benzene rings is 2. The van der Waals surface area contributed by atoms with Crippen LogP contribution in [0, 0.1) is 0 Å². The van der Waals surface area contributed by atoms with Gasteiger partial charge in [0.25, 0.3) is 0 Å². The number of likely N-dealkylation sites (tertiary alicyclic amines) is 1. The molecular weight excluding hydrogens is 408 g/mol. The highest BCUT2D eigenvalue weighted by molar-refractivity contribution is 6.30. The molecule has 1 heterocycles. The van der Waals surface area contributed by atoms with Crippen molar-refractivity contribution in [2.75, 3.05) is 19.6 Å². The van der Waals surface area contributed by atoms with Gasteiger partial charge in [-0.3, -0.25) is 4.79 Å². The highest BCUT2D eigenvalue weighted by Gasteiger charge is 2.44. The Morgan fingerprint density at radius 3 is 2.55 bits per heavy atom.